The van der Waals surface area contributed by atoms with E-state index in [0.29, 0.717) is 6.61 Å². The van der Waals surface area contributed by atoms with Gasteiger partial charge in [0.05, 0.1) is 12.3 Å². The van der Waals surface area contributed by atoms with E-state index in [9.17, 15) is 4.79 Å². The summed E-state index contributed by atoms with van der Waals surface area (Å²) in [5.41, 5.74) is 0.801. The molecule has 0 unspecified atom stereocenters. The van der Waals surface area contributed by atoms with Crippen molar-refractivity contribution in [3.05, 3.63) is 22.7 Å². The minimum Gasteiger partial charge on any atom is -0.463 e. The number of hydrogen-bond donors (Lipinski definition) is 0. The molecule has 0 radical (unpaired) electrons. The largest absolute Gasteiger partial charge is 0.463 e. The number of aromatic nitrogens is 1. The third-order valence-corrected chi connectivity index (χ3v) is 2.03. The molecule has 1 rings (SSSR count). The molecule has 70 valence electrons. The zero-order valence-corrected chi connectivity index (χ0v) is 8.43. The van der Waals surface area contributed by atoms with Crippen LogP contribution < -0.4 is 0 Å². The molecule has 13 heavy (non-hydrogen) atoms. The number of carbonyl (C=O) groups excluding carboxylic acids is 1. The SMILES string of the molecule is CCOC(=O)/C=C/c1cc(C)sn1. The molecule has 0 aliphatic carbocycles. The number of nitrogens with zero attached hydrogens (tertiary/aromatic N) is 1. The van der Waals surface area contributed by atoms with Crippen molar-refractivity contribution >= 4 is 23.6 Å². The normalized spacial score (nSPS) is 10.6. The molecule has 0 saturated carbocycles. The second-order valence-electron chi connectivity index (χ2n) is 2.45. The summed E-state index contributed by atoms with van der Waals surface area (Å²) in [4.78, 5) is 12.0. The molecule has 0 bridgehead atoms. The van der Waals surface area contributed by atoms with Crippen LogP contribution in [0.1, 0.15) is 17.5 Å². The Morgan fingerprint density at radius 3 is 3.08 bits per heavy atom. The third-order valence-electron chi connectivity index (χ3n) is 1.32. The van der Waals surface area contributed by atoms with Crippen LogP contribution in [0.25, 0.3) is 6.08 Å². The van der Waals surface area contributed by atoms with Crippen LogP contribution in [0.4, 0.5) is 0 Å². The van der Waals surface area contributed by atoms with Gasteiger partial charge in [-0.3, -0.25) is 0 Å². The predicted octanol–water partition coefficient (Wildman–Crippen LogP) is 2.03. The van der Waals surface area contributed by atoms with Crippen LogP contribution in [0.5, 0.6) is 0 Å². The van der Waals surface area contributed by atoms with Crippen molar-refractivity contribution in [3.8, 4) is 0 Å². The summed E-state index contributed by atoms with van der Waals surface area (Å²) in [6.45, 7) is 4.15. The average Bonchev–Trinajstić information content (AvgIpc) is 2.49. The highest BCUT2D eigenvalue weighted by Gasteiger charge is 1.96. The number of carbonyl (C=O) groups is 1. The molecule has 0 saturated heterocycles. The number of esters is 1. The fourth-order valence-corrected chi connectivity index (χ4v) is 1.34. The van der Waals surface area contributed by atoms with Crippen molar-refractivity contribution in [2.24, 2.45) is 0 Å². The first-order chi connectivity index (χ1) is 6.22. The summed E-state index contributed by atoms with van der Waals surface area (Å²) < 4.78 is 8.82. The standard InChI is InChI=1S/C9H11NO2S/c1-3-12-9(11)5-4-8-6-7(2)13-10-8/h4-6H,3H2,1-2H3/b5-4+. The molecule has 0 atom stereocenters. The van der Waals surface area contributed by atoms with Crippen LogP contribution in [-0.2, 0) is 9.53 Å². The molecule has 0 aromatic carbocycles. The van der Waals surface area contributed by atoms with Crippen molar-refractivity contribution < 1.29 is 9.53 Å². The van der Waals surface area contributed by atoms with Gasteiger partial charge in [-0.2, -0.15) is 4.37 Å². The lowest BCUT2D eigenvalue weighted by atomic mass is 10.3. The van der Waals surface area contributed by atoms with Gasteiger partial charge in [0.15, 0.2) is 0 Å². The number of aryl methyl sites for hydroxylation is 1. The molecule has 4 heteroatoms. The van der Waals surface area contributed by atoms with Gasteiger partial charge in [-0.25, -0.2) is 4.79 Å². The first-order valence-electron chi connectivity index (χ1n) is 4.00. The Labute approximate surface area is 81.2 Å². The molecular formula is C9H11NO2S. The second-order valence-corrected chi connectivity index (χ2v) is 3.46. The lowest BCUT2D eigenvalue weighted by molar-refractivity contribution is -0.137. The molecule has 1 heterocycles. The van der Waals surface area contributed by atoms with E-state index in [0.717, 1.165) is 10.6 Å². The maximum absolute atomic E-state index is 10.9. The van der Waals surface area contributed by atoms with E-state index in [1.807, 2.05) is 13.0 Å². The van der Waals surface area contributed by atoms with E-state index in [2.05, 4.69) is 4.37 Å². The van der Waals surface area contributed by atoms with Gasteiger partial charge < -0.3 is 4.74 Å². The van der Waals surface area contributed by atoms with Crippen molar-refractivity contribution in [2.75, 3.05) is 6.61 Å². The van der Waals surface area contributed by atoms with Gasteiger partial charge in [0.2, 0.25) is 0 Å². The minimum atomic E-state index is -0.326. The van der Waals surface area contributed by atoms with Gasteiger partial charge in [-0.15, -0.1) is 0 Å². The highest BCUT2D eigenvalue weighted by Crippen LogP contribution is 2.09. The molecule has 1 aromatic rings. The van der Waals surface area contributed by atoms with E-state index >= 15 is 0 Å². The third kappa shape index (κ3) is 3.38. The molecule has 0 amide bonds. The number of ether oxygens (including phenoxy) is 1. The molecule has 0 aliphatic heterocycles. The molecule has 0 N–H and O–H groups in total. The first kappa shape index (κ1) is 9.92. The minimum absolute atomic E-state index is 0.326. The van der Waals surface area contributed by atoms with E-state index in [-0.39, 0.29) is 5.97 Å². The molecule has 0 fully saturated rings. The van der Waals surface area contributed by atoms with Crippen LogP contribution in [0, 0.1) is 6.92 Å². The van der Waals surface area contributed by atoms with Gasteiger partial charge in [-0.1, -0.05) is 0 Å². The summed E-state index contributed by atoms with van der Waals surface area (Å²) in [5, 5.41) is 0. The summed E-state index contributed by atoms with van der Waals surface area (Å²) in [7, 11) is 0. The zero-order chi connectivity index (χ0) is 9.68. The Kier molecular flexibility index (Phi) is 3.64. The fraction of sp³-hybridized carbons (Fsp3) is 0.333. The summed E-state index contributed by atoms with van der Waals surface area (Å²) in [6.07, 6.45) is 3.04. The predicted molar refractivity (Wildman–Crippen MR) is 52.5 cm³/mol. The van der Waals surface area contributed by atoms with Gasteiger partial charge >= 0.3 is 5.97 Å². The second kappa shape index (κ2) is 4.77. The topological polar surface area (TPSA) is 39.2 Å². The van der Waals surface area contributed by atoms with Crippen molar-refractivity contribution in [1.82, 2.24) is 4.37 Å². The maximum Gasteiger partial charge on any atom is 0.330 e. The summed E-state index contributed by atoms with van der Waals surface area (Å²) in [5.74, 6) is -0.326. The monoisotopic (exact) mass is 197 g/mol. The van der Waals surface area contributed by atoms with Crippen LogP contribution in [-0.4, -0.2) is 16.9 Å². The lowest BCUT2D eigenvalue weighted by Gasteiger charge is -1.92. The van der Waals surface area contributed by atoms with Gasteiger partial charge in [0.25, 0.3) is 0 Å². The average molecular weight is 197 g/mol. The summed E-state index contributed by atoms with van der Waals surface area (Å²) >= 11 is 1.42. The van der Waals surface area contributed by atoms with Crippen LogP contribution >= 0.6 is 11.5 Å². The molecule has 0 aliphatic rings. The zero-order valence-electron chi connectivity index (χ0n) is 7.61. The Morgan fingerprint density at radius 2 is 2.54 bits per heavy atom. The van der Waals surface area contributed by atoms with E-state index < -0.39 is 0 Å². The van der Waals surface area contributed by atoms with Crippen LogP contribution in [0.2, 0.25) is 0 Å². The van der Waals surface area contributed by atoms with Crippen LogP contribution in [0.3, 0.4) is 0 Å². The van der Waals surface area contributed by atoms with Crippen molar-refractivity contribution in [3.63, 3.8) is 0 Å². The molecular weight excluding hydrogens is 186 g/mol. The van der Waals surface area contributed by atoms with E-state index in [1.54, 1.807) is 13.0 Å². The Morgan fingerprint density at radius 1 is 1.77 bits per heavy atom. The molecule has 3 nitrogen and oxygen atoms in total. The molecule has 0 spiro atoms. The quantitative estimate of drug-likeness (QED) is 0.549. The lowest BCUT2D eigenvalue weighted by Crippen LogP contribution is -1.98. The fourth-order valence-electron chi connectivity index (χ4n) is 0.808. The van der Waals surface area contributed by atoms with Crippen molar-refractivity contribution in [2.45, 2.75) is 13.8 Å². The van der Waals surface area contributed by atoms with Crippen LogP contribution in [0.15, 0.2) is 12.1 Å². The Bertz CT molecular complexity index is 317. The molecule has 1 aromatic heterocycles. The summed E-state index contributed by atoms with van der Waals surface area (Å²) in [6, 6.07) is 1.92. The first-order valence-corrected chi connectivity index (χ1v) is 4.78. The van der Waals surface area contributed by atoms with Gasteiger partial charge in [0.1, 0.15) is 0 Å². The number of rotatable bonds is 3. The van der Waals surface area contributed by atoms with Crippen molar-refractivity contribution in [1.29, 1.82) is 0 Å². The van der Waals surface area contributed by atoms with E-state index in [4.69, 9.17) is 4.74 Å². The van der Waals surface area contributed by atoms with Gasteiger partial charge in [-0.05, 0) is 37.5 Å². The number of hydrogen-bond acceptors (Lipinski definition) is 4. The Balaban J connectivity index is 2.53. The van der Waals surface area contributed by atoms with Gasteiger partial charge in [0, 0.05) is 11.0 Å². The Hall–Kier alpha value is -1.16. The highest BCUT2D eigenvalue weighted by molar-refractivity contribution is 7.05. The maximum atomic E-state index is 10.9. The highest BCUT2D eigenvalue weighted by atomic mass is 32.1. The van der Waals surface area contributed by atoms with E-state index in [1.165, 1.54) is 17.6 Å². The smallest absolute Gasteiger partial charge is 0.330 e.